The molecule has 1 rings (SSSR count). The molecule has 14 heavy (non-hydrogen) atoms. The average Bonchev–Trinajstić information content (AvgIpc) is 2.03. The van der Waals surface area contributed by atoms with Gasteiger partial charge in [0.05, 0.1) is 16.1 Å². The van der Waals surface area contributed by atoms with Crippen molar-refractivity contribution >= 4 is 35.6 Å². The fraction of sp³-hybridized carbons (Fsp3) is 0.286. The molecule has 1 heterocycles. The van der Waals surface area contributed by atoms with Crippen LogP contribution < -0.4 is 5.73 Å². The molecule has 0 aromatic carbocycles. The molecule has 1 aromatic heterocycles. The van der Waals surface area contributed by atoms with Gasteiger partial charge in [-0.3, -0.25) is 4.98 Å². The lowest BCUT2D eigenvalue weighted by molar-refractivity contribution is 0.116. The van der Waals surface area contributed by atoms with E-state index in [0.29, 0.717) is 0 Å². The quantitative estimate of drug-likeness (QED) is 0.890. The average molecular weight is 264 g/mol. The SMILES string of the molecule is Cl.N[C@H](c1c(Cl)cncc1Cl)C(F)F. The molecule has 0 aliphatic rings. The van der Waals surface area contributed by atoms with Crippen molar-refractivity contribution in [2.75, 3.05) is 0 Å². The van der Waals surface area contributed by atoms with Crippen LogP contribution in [0.5, 0.6) is 0 Å². The third-order valence-electron chi connectivity index (χ3n) is 1.50. The lowest BCUT2D eigenvalue weighted by Crippen LogP contribution is -2.19. The minimum Gasteiger partial charge on any atom is -0.319 e. The second-order valence-electron chi connectivity index (χ2n) is 2.38. The number of alkyl halides is 2. The van der Waals surface area contributed by atoms with Crippen LogP contribution in [0.15, 0.2) is 12.4 Å². The zero-order valence-corrected chi connectivity index (χ0v) is 9.08. The lowest BCUT2D eigenvalue weighted by Gasteiger charge is -2.13. The van der Waals surface area contributed by atoms with Crippen molar-refractivity contribution in [3.05, 3.63) is 28.0 Å². The van der Waals surface area contributed by atoms with E-state index in [1.54, 1.807) is 0 Å². The summed E-state index contributed by atoms with van der Waals surface area (Å²) in [5.41, 5.74) is 5.23. The fourth-order valence-electron chi connectivity index (χ4n) is 0.866. The Labute approximate surface area is 95.8 Å². The van der Waals surface area contributed by atoms with E-state index in [-0.39, 0.29) is 28.0 Å². The molecule has 0 aliphatic carbocycles. The van der Waals surface area contributed by atoms with E-state index in [4.69, 9.17) is 28.9 Å². The molecule has 0 radical (unpaired) electrons. The Bertz CT molecular complexity index is 289. The van der Waals surface area contributed by atoms with Crippen molar-refractivity contribution in [3.63, 3.8) is 0 Å². The fourth-order valence-corrected chi connectivity index (χ4v) is 1.48. The van der Waals surface area contributed by atoms with Crippen LogP contribution in [-0.4, -0.2) is 11.4 Å². The Balaban J connectivity index is 0.00000169. The predicted octanol–water partition coefficient (Wildman–Crippen LogP) is 3.08. The van der Waals surface area contributed by atoms with Gasteiger partial charge in [0.15, 0.2) is 0 Å². The third kappa shape index (κ3) is 2.92. The molecule has 0 amide bonds. The van der Waals surface area contributed by atoms with Crippen molar-refractivity contribution in [2.24, 2.45) is 5.73 Å². The van der Waals surface area contributed by atoms with Gasteiger partial charge in [0.25, 0.3) is 6.43 Å². The Morgan fingerprint density at radius 1 is 1.21 bits per heavy atom. The van der Waals surface area contributed by atoms with Crippen LogP contribution in [0, 0.1) is 0 Å². The summed E-state index contributed by atoms with van der Waals surface area (Å²) in [5, 5.41) is 0.112. The summed E-state index contributed by atoms with van der Waals surface area (Å²) in [4.78, 5) is 3.62. The first-order valence-corrected chi connectivity index (χ1v) is 4.12. The van der Waals surface area contributed by atoms with E-state index in [1.807, 2.05) is 0 Å². The Morgan fingerprint density at radius 3 is 2.00 bits per heavy atom. The molecule has 0 unspecified atom stereocenters. The summed E-state index contributed by atoms with van der Waals surface area (Å²) in [5.74, 6) is 0. The van der Waals surface area contributed by atoms with Gasteiger partial charge in [-0.25, -0.2) is 8.78 Å². The molecule has 0 spiro atoms. The monoisotopic (exact) mass is 262 g/mol. The molecular weight excluding hydrogens is 256 g/mol. The van der Waals surface area contributed by atoms with Crippen LogP contribution in [0.1, 0.15) is 11.6 Å². The molecule has 2 nitrogen and oxygen atoms in total. The maximum absolute atomic E-state index is 12.2. The van der Waals surface area contributed by atoms with Gasteiger partial charge in [0, 0.05) is 18.0 Å². The molecule has 0 saturated carbocycles. The van der Waals surface area contributed by atoms with Crippen molar-refractivity contribution in [1.82, 2.24) is 4.98 Å². The first-order valence-electron chi connectivity index (χ1n) is 3.36. The summed E-state index contributed by atoms with van der Waals surface area (Å²) >= 11 is 11.2. The van der Waals surface area contributed by atoms with Crippen LogP contribution in [0.25, 0.3) is 0 Å². The van der Waals surface area contributed by atoms with Crippen LogP contribution in [0.2, 0.25) is 10.0 Å². The molecule has 0 saturated heterocycles. The number of nitrogens with zero attached hydrogens (tertiary/aromatic N) is 1. The van der Waals surface area contributed by atoms with E-state index in [2.05, 4.69) is 4.98 Å². The zero-order valence-electron chi connectivity index (χ0n) is 6.75. The molecule has 0 fully saturated rings. The third-order valence-corrected chi connectivity index (χ3v) is 2.10. The minimum atomic E-state index is -2.70. The maximum Gasteiger partial charge on any atom is 0.257 e. The van der Waals surface area contributed by atoms with Gasteiger partial charge in [-0.15, -0.1) is 12.4 Å². The second kappa shape index (κ2) is 5.66. The summed E-state index contributed by atoms with van der Waals surface area (Å²) in [6.45, 7) is 0. The van der Waals surface area contributed by atoms with Gasteiger partial charge in [-0.2, -0.15) is 0 Å². The van der Waals surface area contributed by atoms with Crippen molar-refractivity contribution < 1.29 is 8.78 Å². The number of aromatic nitrogens is 1. The Kier molecular flexibility index (Phi) is 5.59. The zero-order chi connectivity index (χ0) is 10.0. The van der Waals surface area contributed by atoms with E-state index < -0.39 is 12.5 Å². The van der Waals surface area contributed by atoms with Gasteiger partial charge < -0.3 is 5.73 Å². The highest BCUT2D eigenvalue weighted by molar-refractivity contribution is 6.35. The van der Waals surface area contributed by atoms with Crippen molar-refractivity contribution in [1.29, 1.82) is 0 Å². The smallest absolute Gasteiger partial charge is 0.257 e. The first kappa shape index (κ1) is 13.8. The standard InChI is InChI=1S/C7H6Cl2F2N2.ClH/c8-3-1-13-2-4(9)5(3)6(12)7(10)11;/h1-2,6-7H,12H2;1H/t6-;/m1./s1. The number of nitrogens with two attached hydrogens (primary N) is 1. The summed E-state index contributed by atoms with van der Waals surface area (Å²) in [6.07, 6.45) is -0.242. The Hall–Kier alpha value is -0.160. The lowest BCUT2D eigenvalue weighted by atomic mass is 10.1. The highest BCUT2D eigenvalue weighted by Crippen LogP contribution is 2.30. The van der Waals surface area contributed by atoms with Crippen LogP contribution in [0.3, 0.4) is 0 Å². The number of hydrogen-bond acceptors (Lipinski definition) is 2. The van der Waals surface area contributed by atoms with Crippen molar-refractivity contribution in [3.8, 4) is 0 Å². The van der Waals surface area contributed by atoms with Crippen LogP contribution in [0.4, 0.5) is 8.78 Å². The Morgan fingerprint density at radius 2 is 1.64 bits per heavy atom. The predicted molar refractivity (Wildman–Crippen MR) is 54.4 cm³/mol. The van der Waals surface area contributed by atoms with Crippen molar-refractivity contribution in [2.45, 2.75) is 12.5 Å². The molecule has 0 aliphatic heterocycles. The molecular formula is C7H7Cl3F2N2. The minimum absolute atomic E-state index is 0. The largest absolute Gasteiger partial charge is 0.319 e. The van der Waals surface area contributed by atoms with Gasteiger partial charge in [0.2, 0.25) is 0 Å². The van der Waals surface area contributed by atoms with Gasteiger partial charge in [-0.1, -0.05) is 23.2 Å². The summed E-state index contributed by atoms with van der Waals surface area (Å²) < 4.78 is 24.4. The highest BCUT2D eigenvalue weighted by Gasteiger charge is 2.22. The van der Waals surface area contributed by atoms with Crippen LogP contribution in [-0.2, 0) is 0 Å². The van der Waals surface area contributed by atoms with Gasteiger partial charge in [-0.05, 0) is 0 Å². The molecule has 1 atom stereocenters. The number of halogens is 5. The molecule has 80 valence electrons. The second-order valence-corrected chi connectivity index (χ2v) is 3.19. The van der Waals surface area contributed by atoms with E-state index in [1.165, 1.54) is 12.4 Å². The number of hydrogen-bond donors (Lipinski definition) is 1. The normalized spacial score (nSPS) is 12.4. The highest BCUT2D eigenvalue weighted by atomic mass is 35.5. The maximum atomic E-state index is 12.2. The van der Waals surface area contributed by atoms with E-state index in [0.717, 1.165) is 0 Å². The summed E-state index contributed by atoms with van der Waals surface area (Å²) in [6, 6.07) is -1.47. The number of pyridine rings is 1. The van der Waals surface area contributed by atoms with Crippen LogP contribution >= 0.6 is 35.6 Å². The number of rotatable bonds is 2. The molecule has 7 heteroatoms. The first-order chi connectivity index (χ1) is 6.04. The molecule has 0 bridgehead atoms. The van der Waals surface area contributed by atoms with E-state index >= 15 is 0 Å². The molecule has 2 N–H and O–H groups in total. The van der Waals surface area contributed by atoms with E-state index in [9.17, 15) is 8.78 Å². The van der Waals surface area contributed by atoms with Gasteiger partial charge >= 0.3 is 0 Å². The van der Waals surface area contributed by atoms with Gasteiger partial charge in [0.1, 0.15) is 0 Å². The molecule has 1 aromatic rings. The summed E-state index contributed by atoms with van der Waals surface area (Å²) in [7, 11) is 0. The topological polar surface area (TPSA) is 38.9 Å².